The first kappa shape index (κ1) is 24.0. The zero-order chi connectivity index (χ0) is 24.6. The topological polar surface area (TPSA) is 58.3 Å². The maximum atomic E-state index is 13.4. The van der Waals surface area contributed by atoms with Crippen molar-refractivity contribution in [3.8, 4) is 0 Å². The average molecular weight is 481 g/mol. The molecule has 35 heavy (non-hydrogen) atoms. The molecule has 1 atom stereocenters. The van der Waals surface area contributed by atoms with E-state index in [1.807, 2.05) is 25.1 Å². The van der Waals surface area contributed by atoms with Crippen molar-refractivity contribution in [1.82, 2.24) is 19.8 Å². The number of rotatable bonds is 5. The van der Waals surface area contributed by atoms with E-state index in [1.165, 1.54) is 40.6 Å². The summed E-state index contributed by atoms with van der Waals surface area (Å²) >= 11 is 0. The number of benzene rings is 2. The van der Waals surface area contributed by atoms with Gasteiger partial charge >= 0.3 is 0 Å². The molecule has 4 heterocycles. The lowest BCUT2D eigenvalue weighted by Gasteiger charge is -2.36. The number of aliphatic hydroxyl groups excluding tert-OH is 1. The van der Waals surface area contributed by atoms with Crippen molar-refractivity contribution in [2.24, 2.45) is 5.92 Å². The molecule has 0 saturated carbocycles. The Labute approximate surface area is 204 Å². The zero-order valence-electron chi connectivity index (χ0n) is 20.4. The molecule has 2 aromatic carbocycles. The van der Waals surface area contributed by atoms with E-state index in [0.29, 0.717) is 6.54 Å². The maximum Gasteiger partial charge on any atom is 0.283 e. The second kappa shape index (κ2) is 9.72. The van der Waals surface area contributed by atoms with Crippen LogP contribution in [0.25, 0.3) is 21.8 Å². The minimum Gasteiger partial charge on any atom is -0.390 e. The van der Waals surface area contributed by atoms with E-state index in [-0.39, 0.29) is 6.04 Å². The van der Waals surface area contributed by atoms with Gasteiger partial charge in [-0.05, 0) is 48.4 Å². The minimum absolute atomic E-state index is 0.0409. The number of halogens is 2. The highest BCUT2D eigenvalue weighted by molar-refractivity contribution is 5.85. The zero-order valence-corrected chi connectivity index (χ0v) is 20.4. The van der Waals surface area contributed by atoms with E-state index >= 15 is 0 Å². The molecule has 4 aromatic rings. The van der Waals surface area contributed by atoms with Gasteiger partial charge in [0.05, 0.1) is 6.54 Å². The number of alkyl halides is 2. The molecule has 186 valence electrons. The van der Waals surface area contributed by atoms with Gasteiger partial charge in [-0.1, -0.05) is 43.3 Å². The molecule has 0 aliphatic carbocycles. The molecule has 2 aliphatic heterocycles. The van der Waals surface area contributed by atoms with Crippen molar-refractivity contribution in [2.45, 2.75) is 45.3 Å². The first-order valence-electron chi connectivity index (χ1n) is 12.4. The average Bonchev–Trinajstić information content (AvgIpc) is 3.39. The van der Waals surface area contributed by atoms with Gasteiger partial charge in [0.2, 0.25) is 0 Å². The number of nitrogens with zero attached hydrogens (tertiary/aromatic N) is 2. The molecule has 7 heteroatoms. The second-order valence-corrected chi connectivity index (χ2v) is 10.3. The molecule has 2 aromatic heterocycles. The fourth-order valence-corrected chi connectivity index (χ4v) is 5.38. The highest BCUT2D eigenvalue weighted by Crippen LogP contribution is 2.31. The third kappa shape index (κ3) is 5.27. The van der Waals surface area contributed by atoms with Crippen molar-refractivity contribution in [2.75, 3.05) is 26.2 Å². The highest BCUT2D eigenvalue weighted by Gasteiger charge is 2.35. The SMILES string of the molecule is CC1CN(Cc2cc3ccccc3[nH]2)C1.CC1Cc2c([nH]c3ccccc23)CN1CC(F)(F)CO. The van der Waals surface area contributed by atoms with Crippen molar-refractivity contribution in [1.29, 1.82) is 0 Å². The first-order chi connectivity index (χ1) is 16.8. The van der Waals surface area contributed by atoms with E-state index in [4.69, 9.17) is 5.11 Å². The van der Waals surface area contributed by atoms with Gasteiger partial charge in [-0.3, -0.25) is 9.80 Å². The molecule has 1 saturated heterocycles. The Morgan fingerprint density at radius 2 is 1.71 bits per heavy atom. The number of aromatic nitrogens is 2. The van der Waals surface area contributed by atoms with Crippen LogP contribution in [0, 0.1) is 5.92 Å². The smallest absolute Gasteiger partial charge is 0.283 e. The number of aliphatic hydroxyl groups is 1. The molecule has 3 N–H and O–H groups in total. The molecule has 2 aliphatic rings. The summed E-state index contributed by atoms with van der Waals surface area (Å²) in [5.41, 5.74) is 5.89. The molecule has 1 unspecified atom stereocenters. The number of nitrogens with one attached hydrogen (secondary N) is 2. The fourth-order valence-electron chi connectivity index (χ4n) is 5.38. The van der Waals surface area contributed by atoms with Crippen LogP contribution in [0.15, 0.2) is 54.6 Å². The van der Waals surface area contributed by atoms with Crippen LogP contribution in [-0.2, 0) is 19.5 Å². The van der Waals surface area contributed by atoms with Crippen molar-refractivity contribution in [3.05, 3.63) is 71.5 Å². The quantitative estimate of drug-likeness (QED) is 0.370. The lowest BCUT2D eigenvalue weighted by Crippen LogP contribution is -2.46. The van der Waals surface area contributed by atoms with Gasteiger partial charge < -0.3 is 15.1 Å². The number of hydrogen-bond donors (Lipinski definition) is 3. The summed E-state index contributed by atoms with van der Waals surface area (Å²) in [7, 11) is 0. The van der Waals surface area contributed by atoms with Crippen LogP contribution < -0.4 is 0 Å². The Morgan fingerprint density at radius 1 is 1.00 bits per heavy atom. The summed E-state index contributed by atoms with van der Waals surface area (Å²) in [6.45, 7) is 6.79. The number of aromatic amines is 2. The molecule has 0 bridgehead atoms. The minimum atomic E-state index is -3.04. The van der Waals surface area contributed by atoms with Gasteiger partial charge in [0.1, 0.15) is 6.61 Å². The summed E-state index contributed by atoms with van der Waals surface area (Å²) in [5, 5.41) is 11.2. The number of para-hydroxylation sites is 2. The maximum absolute atomic E-state index is 13.4. The molecular formula is C28H34F2N4O. The Kier molecular flexibility index (Phi) is 6.66. The van der Waals surface area contributed by atoms with Gasteiger partial charge in [-0.25, -0.2) is 8.78 Å². The summed E-state index contributed by atoms with van der Waals surface area (Å²) in [4.78, 5) is 11.0. The normalized spacial score (nSPS) is 19.4. The lowest BCUT2D eigenvalue weighted by atomic mass is 9.97. The highest BCUT2D eigenvalue weighted by atomic mass is 19.3. The van der Waals surface area contributed by atoms with E-state index < -0.39 is 19.1 Å². The van der Waals surface area contributed by atoms with Crippen molar-refractivity contribution in [3.63, 3.8) is 0 Å². The molecule has 5 nitrogen and oxygen atoms in total. The largest absolute Gasteiger partial charge is 0.390 e. The van der Waals surface area contributed by atoms with Crippen LogP contribution in [0.5, 0.6) is 0 Å². The van der Waals surface area contributed by atoms with Crippen molar-refractivity contribution < 1.29 is 13.9 Å². The summed E-state index contributed by atoms with van der Waals surface area (Å²) in [5.74, 6) is -2.16. The molecule has 1 fully saturated rings. The van der Waals surface area contributed by atoms with Crippen LogP contribution in [0.3, 0.4) is 0 Å². The Hall–Kier alpha value is -2.74. The number of hydrogen-bond acceptors (Lipinski definition) is 3. The Bertz CT molecular complexity index is 1260. The number of fused-ring (bicyclic) bond motifs is 4. The lowest BCUT2D eigenvalue weighted by molar-refractivity contribution is -0.0819. The number of likely N-dealkylation sites (tertiary alicyclic amines) is 1. The monoisotopic (exact) mass is 480 g/mol. The van der Waals surface area contributed by atoms with Crippen LogP contribution in [0.4, 0.5) is 8.78 Å². The van der Waals surface area contributed by atoms with E-state index in [2.05, 4.69) is 58.2 Å². The second-order valence-electron chi connectivity index (χ2n) is 10.3. The van der Waals surface area contributed by atoms with Crippen LogP contribution in [-0.4, -0.2) is 63.1 Å². The van der Waals surface area contributed by atoms with Crippen LogP contribution >= 0.6 is 0 Å². The third-order valence-electron chi connectivity index (χ3n) is 7.17. The molecule has 0 spiro atoms. The van der Waals surface area contributed by atoms with Gasteiger partial charge in [-0.15, -0.1) is 0 Å². The van der Waals surface area contributed by atoms with Gasteiger partial charge in [0, 0.05) is 60.0 Å². The predicted molar refractivity (Wildman–Crippen MR) is 137 cm³/mol. The Balaban J connectivity index is 0.000000151. The van der Waals surface area contributed by atoms with Crippen LogP contribution in [0.2, 0.25) is 0 Å². The van der Waals surface area contributed by atoms with Gasteiger partial charge in [-0.2, -0.15) is 0 Å². The Morgan fingerprint density at radius 3 is 2.43 bits per heavy atom. The fraction of sp³-hybridized carbons (Fsp3) is 0.429. The van der Waals surface area contributed by atoms with Gasteiger partial charge in [0.15, 0.2) is 0 Å². The third-order valence-corrected chi connectivity index (χ3v) is 7.17. The first-order valence-corrected chi connectivity index (χ1v) is 12.4. The number of H-pyrrole nitrogens is 2. The summed E-state index contributed by atoms with van der Waals surface area (Å²) in [6.07, 6.45) is 0.751. The predicted octanol–water partition coefficient (Wildman–Crippen LogP) is 5.16. The molecule has 0 amide bonds. The standard InChI is InChI=1S/C15H18F2N2O.C13H16N2/c1-10-6-12-11-4-2-3-5-13(11)18-14(12)7-19(10)8-15(16,17)9-20;1-10-7-15(8-10)9-12-6-11-4-2-3-5-13(11)14-12/h2-5,10,18,20H,6-9H2,1H3;2-6,10,14H,7-9H2,1H3. The van der Waals surface area contributed by atoms with Crippen molar-refractivity contribution >= 4 is 21.8 Å². The van der Waals surface area contributed by atoms with E-state index in [1.54, 1.807) is 4.90 Å². The van der Waals surface area contributed by atoms with Gasteiger partial charge in [0.25, 0.3) is 5.92 Å². The molecular weight excluding hydrogens is 446 g/mol. The van der Waals surface area contributed by atoms with E-state index in [0.717, 1.165) is 30.1 Å². The molecule has 6 rings (SSSR count). The molecule has 0 radical (unpaired) electrons. The summed E-state index contributed by atoms with van der Waals surface area (Å²) in [6, 6.07) is 18.8. The van der Waals surface area contributed by atoms with E-state index in [9.17, 15) is 8.78 Å². The summed E-state index contributed by atoms with van der Waals surface area (Å²) < 4.78 is 26.8. The van der Waals surface area contributed by atoms with Crippen LogP contribution in [0.1, 0.15) is 30.8 Å².